The highest BCUT2D eigenvalue weighted by atomic mass is 32.2. The van der Waals surface area contributed by atoms with Gasteiger partial charge in [0.25, 0.3) is 5.22 Å². The third-order valence-electron chi connectivity index (χ3n) is 3.19. The van der Waals surface area contributed by atoms with Gasteiger partial charge in [-0.1, -0.05) is 11.8 Å². The molecule has 2 amide bonds. The summed E-state index contributed by atoms with van der Waals surface area (Å²) < 4.78 is 5.19. The van der Waals surface area contributed by atoms with Crippen LogP contribution in [0.1, 0.15) is 18.7 Å². The molecule has 2 rings (SSSR count). The maximum absolute atomic E-state index is 12.0. The Bertz CT molecular complexity index is 484. The van der Waals surface area contributed by atoms with E-state index >= 15 is 0 Å². The molecule has 0 spiro atoms. The zero-order chi connectivity index (χ0) is 14.5. The van der Waals surface area contributed by atoms with Crippen LogP contribution < -0.4 is 11.3 Å². The van der Waals surface area contributed by atoms with Crippen molar-refractivity contribution in [2.75, 3.05) is 18.8 Å². The molecule has 0 aromatic carbocycles. The van der Waals surface area contributed by atoms with Crippen LogP contribution in [0.3, 0.4) is 0 Å². The van der Waals surface area contributed by atoms with Gasteiger partial charge in [-0.25, -0.2) is 5.84 Å². The largest absolute Gasteiger partial charge is 0.416 e. The summed E-state index contributed by atoms with van der Waals surface area (Å²) >= 11 is 1.22. The van der Waals surface area contributed by atoms with E-state index in [1.165, 1.54) is 11.8 Å². The summed E-state index contributed by atoms with van der Waals surface area (Å²) in [6, 6.07) is 0. The Morgan fingerprint density at radius 1 is 1.45 bits per heavy atom. The molecule has 1 aromatic heterocycles. The molecule has 1 aliphatic rings. The molecule has 1 fully saturated rings. The molecular weight excluding hydrogens is 282 g/mol. The Morgan fingerprint density at radius 2 is 2.15 bits per heavy atom. The number of hydrogen-bond acceptors (Lipinski definition) is 7. The monoisotopic (exact) mass is 299 g/mol. The highest BCUT2D eigenvalue weighted by Gasteiger charge is 2.26. The van der Waals surface area contributed by atoms with Crippen molar-refractivity contribution < 1.29 is 14.0 Å². The average molecular weight is 299 g/mol. The first-order chi connectivity index (χ1) is 9.60. The fraction of sp³-hybridized carbons (Fsp3) is 0.636. The Hall–Kier alpha value is -1.61. The van der Waals surface area contributed by atoms with Crippen LogP contribution in [0.15, 0.2) is 9.64 Å². The van der Waals surface area contributed by atoms with Crippen LogP contribution in [0.25, 0.3) is 0 Å². The van der Waals surface area contributed by atoms with Gasteiger partial charge >= 0.3 is 0 Å². The first-order valence-corrected chi connectivity index (χ1v) is 7.30. The third-order valence-corrected chi connectivity index (χ3v) is 3.99. The number of thioether (sulfide) groups is 1. The van der Waals surface area contributed by atoms with E-state index in [0.29, 0.717) is 37.0 Å². The lowest BCUT2D eigenvalue weighted by Crippen LogP contribution is -2.45. The van der Waals surface area contributed by atoms with Crippen molar-refractivity contribution in [3.63, 3.8) is 0 Å². The van der Waals surface area contributed by atoms with Gasteiger partial charge in [0.05, 0.1) is 5.75 Å². The number of nitrogens with zero attached hydrogens (tertiary/aromatic N) is 3. The average Bonchev–Trinajstić information content (AvgIpc) is 2.89. The maximum atomic E-state index is 12.0. The topological polar surface area (TPSA) is 114 Å². The third kappa shape index (κ3) is 3.70. The van der Waals surface area contributed by atoms with Gasteiger partial charge in [0.1, 0.15) is 0 Å². The van der Waals surface area contributed by atoms with Crippen molar-refractivity contribution in [1.82, 2.24) is 20.5 Å². The molecule has 0 aliphatic carbocycles. The highest BCUT2D eigenvalue weighted by molar-refractivity contribution is 7.99. The summed E-state index contributed by atoms with van der Waals surface area (Å²) in [5.41, 5.74) is 2.15. The van der Waals surface area contributed by atoms with Crippen LogP contribution in [0, 0.1) is 12.8 Å². The smallest absolute Gasteiger partial charge is 0.277 e. The molecule has 1 aromatic rings. The molecule has 110 valence electrons. The zero-order valence-electron chi connectivity index (χ0n) is 11.2. The Kier molecular flexibility index (Phi) is 4.96. The lowest BCUT2D eigenvalue weighted by Gasteiger charge is -2.30. The molecule has 1 saturated heterocycles. The van der Waals surface area contributed by atoms with Crippen molar-refractivity contribution in [3.05, 3.63) is 5.89 Å². The molecular formula is C11H17N5O3S. The van der Waals surface area contributed by atoms with E-state index in [-0.39, 0.29) is 23.5 Å². The number of likely N-dealkylation sites (tertiary alicyclic amines) is 1. The first kappa shape index (κ1) is 14.8. The number of nitrogens with one attached hydrogen (secondary N) is 1. The van der Waals surface area contributed by atoms with E-state index in [2.05, 4.69) is 15.6 Å². The second-order valence-corrected chi connectivity index (χ2v) is 5.47. The van der Waals surface area contributed by atoms with Crippen molar-refractivity contribution in [2.24, 2.45) is 11.8 Å². The standard InChI is InChI=1S/C11H17N5O3S/c1-7-14-15-11(19-7)20-6-9(17)16-4-2-8(3-5-16)10(18)13-12/h8H,2-6,12H2,1H3,(H,13,18). The number of aryl methyl sites for hydroxylation is 1. The molecule has 0 atom stereocenters. The van der Waals surface area contributed by atoms with Crippen LogP contribution in [-0.2, 0) is 9.59 Å². The van der Waals surface area contributed by atoms with E-state index in [9.17, 15) is 9.59 Å². The van der Waals surface area contributed by atoms with Gasteiger partial charge in [0, 0.05) is 25.9 Å². The van der Waals surface area contributed by atoms with Crippen LogP contribution >= 0.6 is 11.8 Å². The second-order valence-electron chi connectivity index (χ2n) is 4.54. The van der Waals surface area contributed by atoms with E-state index in [1.807, 2.05) is 0 Å². The molecule has 2 heterocycles. The van der Waals surface area contributed by atoms with Gasteiger partial charge in [0.15, 0.2) is 0 Å². The van der Waals surface area contributed by atoms with Crippen LogP contribution in [0.4, 0.5) is 0 Å². The van der Waals surface area contributed by atoms with E-state index in [1.54, 1.807) is 11.8 Å². The molecule has 0 unspecified atom stereocenters. The molecule has 20 heavy (non-hydrogen) atoms. The van der Waals surface area contributed by atoms with Gasteiger partial charge < -0.3 is 9.32 Å². The first-order valence-electron chi connectivity index (χ1n) is 6.31. The second kappa shape index (κ2) is 6.71. The summed E-state index contributed by atoms with van der Waals surface area (Å²) in [5.74, 6) is 5.59. The fourth-order valence-corrected chi connectivity index (χ4v) is 2.77. The summed E-state index contributed by atoms with van der Waals surface area (Å²) in [5, 5.41) is 7.91. The number of hydrogen-bond donors (Lipinski definition) is 2. The number of carbonyl (C=O) groups is 2. The van der Waals surface area contributed by atoms with E-state index < -0.39 is 0 Å². The number of piperidine rings is 1. The van der Waals surface area contributed by atoms with E-state index in [0.717, 1.165) is 0 Å². The Labute approximate surface area is 120 Å². The summed E-state index contributed by atoms with van der Waals surface area (Å²) in [4.78, 5) is 25.1. The highest BCUT2D eigenvalue weighted by Crippen LogP contribution is 2.20. The number of hydrazine groups is 1. The minimum absolute atomic E-state index is 0.0115. The molecule has 3 N–H and O–H groups in total. The lowest BCUT2D eigenvalue weighted by molar-refractivity contribution is -0.133. The normalized spacial score (nSPS) is 16.2. The predicted molar refractivity (Wildman–Crippen MR) is 71.4 cm³/mol. The molecule has 8 nitrogen and oxygen atoms in total. The molecule has 9 heteroatoms. The number of nitrogens with two attached hydrogens (primary N) is 1. The van der Waals surface area contributed by atoms with Crippen LogP contribution in [0.2, 0.25) is 0 Å². The van der Waals surface area contributed by atoms with Gasteiger partial charge in [-0.15, -0.1) is 10.2 Å². The minimum Gasteiger partial charge on any atom is -0.416 e. The fourth-order valence-electron chi connectivity index (χ4n) is 2.06. The number of aromatic nitrogens is 2. The zero-order valence-corrected chi connectivity index (χ0v) is 12.0. The summed E-state index contributed by atoms with van der Waals surface area (Å²) in [6.07, 6.45) is 1.28. The van der Waals surface area contributed by atoms with Gasteiger partial charge in [-0.05, 0) is 12.8 Å². The van der Waals surface area contributed by atoms with Crippen molar-refractivity contribution in [2.45, 2.75) is 25.0 Å². The maximum Gasteiger partial charge on any atom is 0.277 e. The SMILES string of the molecule is Cc1nnc(SCC(=O)N2CCC(C(=O)NN)CC2)o1. The number of rotatable bonds is 4. The number of carbonyl (C=O) groups excluding carboxylic acids is 2. The predicted octanol–water partition coefficient (Wildman–Crippen LogP) is -0.301. The lowest BCUT2D eigenvalue weighted by atomic mass is 9.96. The summed E-state index contributed by atoms with van der Waals surface area (Å²) in [6.45, 7) is 2.84. The minimum atomic E-state index is -0.159. The Morgan fingerprint density at radius 3 is 2.70 bits per heavy atom. The van der Waals surface area contributed by atoms with Gasteiger partial charge in [-0.2, -0.15) is 0 Å². The summed E-state index contributed by atoms with van der Waals surface area (Å²) in [7, 11) is 0. The quantitative estimate of drug-likeness (QED) is 0.339. The van der Waals surface area contributed by atoms with Gasteiger partial charge in [0.2, 0.25) is 17.7 Å². The molecule has 0 saturated carbocycles. The van der Waals surface area contributed by atoms with E-state index in [4.69, 9.17) is 10.3 Å². The van der Waals surface area contributed by atoms with Crippen LogP contribution in [0.5, 0.6) is 0 Å². The Balaban J connectivity index is 1.76. The van der Waals surface area contributed by atoms with Crippen molar-refractivity contribution in [3.8, 4) is 0 Å². The van der Waals surface area contributed by atoms with Crippen molar-refractivity contribution >= 4 is 23.6 Å². The van der Waals surface area contributed by atoms with Gasteiger partial charge in [-0.3, -0.25) is 15.0 Å². The number of amides is 2. The van der Waals surface area contributed by atoms with Crippen molar-refractivity contribution in [1.29, 1.82) is 0 Å². The molecule has 1 aliphatic heterocycles. The van der Waals surface area contributed by atoms with Crippen LogP contribution in [-0.4, -0.2) is 45.8 Å². The molecule has 0 bridgehead atoms. The molecule has 0 radical (unpaired) electrons.